The van der Waals surface area contributed by atoms with Crippen LogP contribution in [0.5, 0.6) is 11.5 Å². The fourth-order valence-electron chi connectivity index (χ4n) is 6.71. The van der Waals surface area contributed by atoms with Crippen molar-refractivity contribution in [1.29, 1.82) is 0 Å². The Balaban J connectivity index is 0.990. The summed E-state index contributed by atoms with van der Waals surface area (Å²) in [4.78, 5) is 52.1. The van der Waals surface area contributed by atoms with Crippen LogP contribution in [0.25, 0.3) is 0 Å². The van der Waals surface area contributed by atoms with Gasteiger partial charge in [-0.25, -0.2) is 27.7 Å². The average molecular weight is 817 g/mol. The molecule has 0 aliphatic carbocycles. The predicted octanol–water partition coefficient (Wildman–Crippen LogP) is 8.85. The SMILES string of the molecule is COc1ccc(C(OCCCCCCNC(=O)OC(C)N2C(=O)c3ccc(C(=O)Oc4c(F)c(F)c(F)c(F)c4F)cc3C2=O)(c2ccccc2)c2ccccc2)cc1. The lowest BCUT2D eigenvalue weighted by atomic mass is 9.80. The Morgan fingerprint density at radius 3 is 1.81 bits per heavy atom. The van der Waals surface area contributed by atoms with Gasteiger partial charge in [-0.3, -0.25) is 9.59 Å². The van der Waals surface area contributed by atoms with E-state index in [9.17, 15) is 41.1 Å². The smallest absolute Gasteiger partial charge is 0.409 e. The van der Waals surface area contributed by atoms with Gasteiger partial charge >= 0.3 is 12.1 Å². The minimum absolute atomic E-state index is 0.198. The molecule has 1 atom stereocenters. The molecule has 10 nitrogen and oxygen atoms in total. The first-order valence-electron chi connectivity index (χ1n) is 18.5. The van der Waals surface area contributed by atoms with Crippen molar-refractivity contribution >= 4 is 23.9 Å². The summed E-state index contributed by atoms with van der Waals surface area (Å²) >= 11 is 0. The lowest BCUT2D eigenvalue weighted by molar-refractivity contribution is 0.00943. The number of ether oxygens (including phenoxy) is 4. The molecular formula is C44H37F5N2O8. The molecule has 6 rings (SSSR count). The van der Waals surface area contributed by atoms with Crippen molar-refractivity contribution in [2.24, 2.45) is 0 Å². The molecule has 1 heterocycles. The molecule has 1 N–H and O–H groups in total. The number of methoxy groups -OCH3 is 1. The van der Waals surface area contributed by atoms with Crippen LogP contribution in [0.1, 0.15) is 80.4 Å². The molecule has 1 aliphatic rings. The number of fused-ring (bicyclic) bond motifs is 1. The zero-order chi connectivity index (χ0) is 42.3. The Morgan fingerprint density at radius 2 is 1.22 bits per heavy atom. The van der Waals surface area contributed by atoms with E-state index in [1.54, 1.807) is 7.11 Å². The summed E-state index contributed by atoms with van der Waals surface area (Å²) in [6.45, 7) is 1.93. The number of halogens is 5. The molecule has 0 bridgehead atoms. The summed E-state index contributed by atoms with van der Waals surface area (Å²) in [6, 6.07) is 30.6. The summed E-state index contributed by atoms with van der Waals surface area (Å²) < 4.78 is 90.6. The number of esters is 1. The van der Waals surface area contributed by atoms with Crippen molar-refractivity contribution < 1.29 is 60.1 Å². The fraction of sp³-hybridized carbons (Fsp3) is 0.227. The summed E-state index contributed by atoms with van der Waals surface area (Å²) in [5.74, 6) is -16.4. The van der Waals surface area contributed by atoms with E-state index in [0.29, 0.717) is 17.9 Å². The summed E-state index contributed by atoms with van der Waals surface area (Å²) in [5.41, 5.74) is 0.895. The minimum Gasteiger partial charge on any atom is -0.497 e. The molecule has 0 aromatic heterocycles. The number of hydrogen-bond acceptors (Lipinski definition) is 8. The number of imide groups is 1. The van der Waals surface area contributed by atoms with Gasteiger partial charge in [0.05, 0.1) is 23.8 Å². The summed E-state index contributed by atoms with van der Waals surface area (Å²) in [5, 5.41) is 2.59. The number of carbonyl (C=O) groups is 4. The van der Waals surface area contributed by atoms with Gasteiger partial charge in [0.2, 0.25) is 34.8 Å². The van der Waals surface area contributed by atoms with Gasteiger partial charge in [-0.1, -0.05) is 85.6 Å². The number of amides is 3. The highest BCUT2D eigenvalue weighted by Crippen LogP contribution is 2.41. The summed E-state index contributed by atoms with van der Waals surface area (Å²) in [7, 11) is 1.61. The largest absolute Gasteiger partial charge is 0.497 e. The third-order valence-electron chi connectivity index (χ3n) is 9.68. The highest BCUT2D eigenvalue weighted by atomic mass is 19.2. The highest BCUT2D eigenvalue weighted by Gasteiger charge is 2.41. The molecule has 59 heavy (non-hydrogen) atoms. The van der Waals surface area contributed by atoms with Gasteiger partial charge in [-0.05, 0) is 66.8 Å². The zero-order valence-electron chi connectivity index (χ0n) is 31.7. The first kappa shape index (κ1) is 42.0. The molecule has 5 aromatic rings. The molecule has 0 spiro atoms. The molecular weight excluding hydrogens is 779 g/mol. The second-order valence-electron chi connectivity index (χ2n) is 13.4. The number of carbonyl (C=O) groups excluding carboxylic acids is 4. The molecule has 0 saturated carbocycles. The minimum atomic E-state index is -2.44. The Labute approximate surface area is 335 Å². The van der Waals surface area contributed by atoms with E-state index >= 15 is 0 Å². The van der Waals surface area contributed by atoms with Crippen LogP contribution in [0.3, 0.4) is 0 Å². The number of benzene rings is 5. The quantitative estimate of drug-likeness (QED) is 0.0153. The zero-order valence-corrected chi connectivity index (χ0v) is 31.7. The molecule has 3 amide bonds. The van der Waals surface area contributed by atoms with Gasteiger partial charge in [-0.2, -0.15) is 8.78 Å². The van der Waals surface area contributed by atoms with Gasteiger partial charge in [0.25, 0.3) is 11.8 Å². The molecule has 0 fully saturated rings. The molecule has 15 heteroatoms. The first-order valence-corrected chi connectivity index (χ1v) is 18.5. The third kappa shape index (κ3) is 8.65. The number of rotatable bonds is 16. The second kappa shape index (κ2) is 18.3. The van der Waals surface area contributed by atoms with Crippen LogP contribution in [0.2, 0.25) is 0 Å². The van der Waals surface area contributed by atoms with Gasteiger partial charge in [-0.15, -0.1) is 0 Å². The average Bonchev–Trinajstić information content (AvgIpc) is 3.51. The fourth-order valence-corrected chi connectivity index (χ4v) is 6.71. The predicted molar refractivity (Wildman–Crippen MR) is 202 cm³/mol. The van der Waals surface area contributed by atoms with Crippen LogP contribution in [-0.2, 0) is 15.1 Å². The Bertz CT molecular complexity index is 2280. The summed E-state index contributed by atoms with van der Waals surface area (Å²) in [6.07, 6.45) is 0.514. The number of alkyl carbamates (subject to hydrolysis) is 1. The van der Waals surface area contributed by atoms with Gasteiger partial charge in [0.15, 0.2) is 6.23 Å². The normalized spacial score (nSPS) is 12.9. The van der Waals surface area contributed by atoms with Crippen molar-refractivity contribution in [3.63, 3.8) is 0 Å². The van der Waals surface area contributed by atoms with Crippen molar-refractivity contribution in [3.8, 4) is 11.5 Å². The van der Waals surface area contributed by atoms with Crippen molar-refractivity contribution in [2.45, 2.75) is 44.4 Å². The molecule has 306 valence electrons. The van der Waals surface area contributed by atoms with E-state index in [4.69, 9.17) is 14.2 Å². The van der Waals surface area contributed by atoms with E-state index in [0.717, 1.165) is 59.9 Å². The molecule has 0 radical (unpaired) electrons. The van der Waals surface area contributed by atoms with E-state index in [-0.39, 0.29) is 17.7 Å². The van der Waals surface area contributed by atoms with E-state index < -0.39 is 76.1 Å². The van der Waals surface area contributed by atoms with Crippen LogP contribution in [0.15, 0.2) is 103 Å². The highest BCUT2D eigenvalue weighted by molar-refractivity contribution is 6.22. The van der Waals surface area contributed by atoms with Crippen LogP contribution in [-0.4, -0.2) is 55.3 Å². The first-order chi connectivity index (χ1) is 28.4. The van der Waals surface area contributed by atoms with Crippen molar-refractivity contribution in [2.75, 3.05) is 20.3 Å². The second-order valence-corrected chi connectivity index (χ2v) is 13.4. The van der Waals surface area contributed by atoms with E-state index in [1.165, 1.54) is 6.92 Å². The standard InChI is InChI=1S/C44H37F5N2O8/c1-26(51-40(52)32-22-17-27(25-33(32)41(51)53)42(54)59-39-37(48)35(46)34(45)36(47)38(39)49)58-43(55)50-23-11-3-4-12-24-57-44(28-13-7-5-8-14-28,29-15-9-6-10-16-29)30-18-20-31(56-2)21-19-30/h5-10,13-22,25-26H,3-4,11-12,23-24H2,1-2H3,(H,50,55). The topological polar surface area (TPSA) is 120 Å². The van der Waals surface area contributed by atoms with Crippen LogP contribution in [0.4, 0.5) is 26.7 Å². The van der Waals surface area contributed by atoms with Gasteiger partial charge in [0, 0.05) is 13.2 Å². The molecule has 0 saturated heterocycles. The maximum absolute atomic E-state index is 14.1. The van der Waals surface area contributed by atoms with Crippen LogP contribution >= 0.6 is 0 Å². The number of nitrogens with zero attached hydrogens (tertiary/aromatic N) is 1. The van der Waals surface area contributed by atoms with Crippen molar-refractivity contribution in [3.05, 3.63) is 166 Å². The Hall–Kier alpha value is -6.61. The maximum atomic E-state index is 14.1. The lowest BCUT2D eigenvalue weighted by Gasteiger charge is -2.36. The van der Waals surface area contributed by atoms with E-state index in [1.807, 2.05) is 84.9 Å². The maximum Gasteiger partial charge on any atom is 0.409 e. The Kier molecular flexibility index (Phi) is 13.0. The molecule has 1 aliphatic heterocycles. The van der Waals surface area contributed by atoms with Crippen LogP contribution in [0, 0.1) is 29.1 Å². The Morgan fingerprint density at radius 1 is 0.678 bits per heavy atom. The molecule has 1 unspecified atom stereocenters. The number of hydrogen-bond donors (Lipinski definition) is 1. The van der Waals surface area contributed by atoms with E-state index in [2.05, 4.69) is 10.1 Å². The van der Waals surface area contributed by atoms with Gasteiger partial charge in [0.1, 0.15) is 11.4 Å². The lowest BCUT2D eigenvalue weighted by Crippen LogP contribution is -2.42. The number of nitrogens with one attached hydrogen (secondary N) is 1. The van der Waals surface area contributed by atoms with Crippen LogP contribution < -0.4 is 14.8 Å². The van der Waals surface area contributed by atoms with Crippen molar-refractivity contribution in [1.82, 2.24) is 10.2 Å². The monoisotopic (exact) mass is 816 g/mol. The van der Waals surface area contributed by atoms with Gasteiger partial charge < -0.3 is 24.3 Å². The third-order valence-corrected chi connectivity index (χ3v) is 9.68. The number of unbranched alkanes of at least 4 members (excludes halogenated alkanes) is 3. The molecule has 5 aromatic carbocycles.